The van der Waals surface area contributed by atoms with Crippen molar-refractivity contribution < 1.29 is 14.3 Å². The topological polar surface area (TPSA) is 58.6 Å². The summed E-state index contributed by atoms with van der Waals surface area (Å²) < 4.78 is 5.28. The highest BCUT2D eigenvalue weighted by atomic mass is 16.6. The molecule has 1 aromatic rings. The van der Waals surface area contributed by atoms with Crippen LogP contribution in [-0.4, -0.2) is 36.1 Å². The molecule has 0 aliphatic rings. The summed E-state index contributed by atoms with van der Waals surface area (Å²) in [7, 11) is 0. The van der Waals surface area contributed by atoms with E-state index in [0.29, 0.717) is 11.3 Å². The Hall–Kier alpha value is -1.88. The second-order valence-electron chi connectivity index (χ2n) is 4.48. The minimum Gasteiger partial charge on any atom is -0.430 e. The van der Waals surface area contributed by atoms with E-state index in [4.69, 9.17) is 4.74 Å². The van der Waals surface area contributed by atoms with Crippen LogP contribution in [-0.2, 0) is 4.74 Å². The van der Waals surface area contributed by atoms with E-state index in [9.17, 15) is 9.59 Å². The number of carbonyl (C=O) groups excluding carboxylic acids is 2. The summed E-state index contributed by atoms with van der Waals surface area (Å²) >= 11 is 0. The van der Waals surface area contributed by atoms with E-state index in [0.717, 1.165) is 13.1 Å². The molecule has 0 aliphatic carbocycles. The number of Topliss-reactive ketones (excluding diaryl/α,β-unsaturated/α-hetero) is 1. The van der Waals surface area contributed by atoms with Gasteiger partial charge >= 0.3 is 6.09 Å². The number of ketones is 1. The van der Waals surface area contributed by atoms with Crippen LogP contribution in [0.3, 0.4) is 0 Å². The smallest absolute Gasteiger partial charge is 0.413 e. The molecule has 0 heterocycles. The molecular weight excluding hydrogens is 256 g/mol. The highest BCUT2D eigenvalue weighted by Crippen LogP contribution is 2.11. The predicted octanol–water partition coefficient (Wildman–Crippen LogP) is 3.13. The molecule has 1 atom stereocenters. The molecule has 1 rings (SSSR count). The lowest BCUT2D eigenvalue weighted by atomic mass is 10.1. The zero-order valence-electron chi connectivity index (χ0n) is 12.5. The fraction of sp³-hybridized carbons (Fsp3) is 0.467. The zero-order valence-corrected chi connectivity index (χ0v) is 12.5. The number of carbonyl (C=O) groups is 2. The van der Waals surface area contributed by atoms with Gasteiger partial charge in [0.15, 0.2) is 12.0 Å². The number of nitrogens with one attached hydrogen (secondary N) is 1. The highest BCUT2D eigenvalue weighted by Gasteiger charge is 2.14. The van der Waals surface area contributed by atoms with E-state index in [-0.39, 0.29) is 12.0 Å². The summed E-state index contributed by atoms with van der Waals surface area (Å²) in [6.45, 7) is 9.01. The Morgan fingerprint density at radius 2 is 1.75 bits per heavy atom. The first kappa shape index (κ1) is 16.2. The van der Waals surface area contributed by atoms with Crippen molar-refractivity contribution in [2.24, 2.45) is 0 Å². The van der Waals surface area contributed by atoms with Crippen molar-refractivity contribution in [2.45, 2.75) is 33.9 Å². The summed E-state index contributed by atoms with van der Waals surface area (Å²) in [5.41, 5.74) is 1.21. The minimum atomic E-state index is -0.500. The van der Waals surface area contributed by atoms with Gasteiger partial charge in [-0.1, -0.05) is 13.8 Å². The van der Waals surface area contributed by atoms with Crippen LogP contribution in [0.15, 0.2) is 24.3 Å². The summed E-state index contributed by atoms with van der Waals surface area (Å²) in [5.74, 6) is -0.00529. The van der Waals surface area contributed by atoms with Gasteiger partial charge < -0.3 is 4.74 Å². The van der Waals surface area contributed by atoms with Gasteiger partial charge in [0.2, 0.25) is 0 Å². The first-order valence-corrected chi connectivity index (χ1v) is 6.80. The number of hydrogen-bond donors (Lipinski definition) is 1. The third-order valence-corrected chi connectivity index (χ3v) is 3.14. The lowest BCUT2D eigenvalue weighted by molar-refractivity contribution is 0.0114. The van der Waals surface area contributed by atoms with Gasteiger partial charge in [0, 0.05) is 11.3 Å². The first-order valence-electron chi connectivity index (χ1n) is 6.80. The van der Waals surface area contributed by atoms with Gasteiger partial charge in [0.1, 0.15) is 0 Å². The SMILES string of the molecule is CCN(CC)[C@H](C)OC(=O)Nc1ccc(C(C)=O)cc1. The van der Waals surface area contributed by atoms with Crippen molar-refractivity contribution in [1.29, 1.82) is 0 Å². The molecule has 0 saturated carbocycles. The van der Waals surface area contributed by atoms with E-state index in [2.05, 4.69) is 5.32 Å². The molecule has 5 nitrogen and oxygen atoms in total. The third kappa shape index (κ3) is 4.66. The normalized spacial score (nSPS) is 12.1. The third-order valence-electron chi connectivity index (χ3n) is 3.14. The minimum absolute atomic E-state index is 0.00529. The maximum Gasteiger partial charge on any atom is 0.413 e. The molecule has 0 unspecified atom stereocenters. The Balaban J connectivity index is 2.55. The molecule has 0 radical (unpaired) electrons. The molecule has 0 fully saturated rings. The molecule has 1 aromatic carbocycles. The largest absolute Gasteiger partial charge is 0.430 e. The van der Waals surface area contributed by atoms with Crippen LogP contribution in [0.1, 0.15) is 38.1 Å². The van der Waals surface area contributed by atoms with Gasteiger partial charge in [-0.05, 0) is 51.2 Å². The Morgan fingerprint density at radius 3 is 2.20 bits per heavy atom. The molecule has 0 spiro atoms. The average Bonchev–Trinajstić information content (AvgIpc) is 2.40. The Morgan fingerprint density at radius 1 is 1.20 bits per heavy atom. The van der Waals surface area contributed by atoms with Crippen LogP contribution in [0.25, 0.3) is 0 Å². The number of nitrogens with zero attached hydrogens (tertiary/aromatic N) is 1. The monoisotopic (exact) mass is 278 g/mol. The molecule has 20 heavy (non-hydrogen) atoms. The van der Waals surface area contributed by atoms with E-state index < -0.39 is 6.09 Å². The van der Waals surface area contributed by atoms with Gasteiger partial charge in [0.05, 0.1) is 0 Å². The van der Waals surface area contributed by atoms with Crippen molar-refractivity contribution in [3.8, 4) is 0 Å². The number of benzene rings is 1. The fourth-order valence-electron chi connectivity index (χ4n) is 1.90. The molecule has 1 N–H and O–H groups in total. The first-order chi connectivity index (χ1) is 9.47. The van der Waals surface area contributed by atoms with Crippen molar-refractivity contribution in [1.82, 2.24) is 4.90 Å². The Labute approximate surface area is 119 Å². The summed E-state index contributed by atoms with van der Waals surface area (Å²) in [6, 6.07) is 6.71. The lowest BCUT2D eigenvalue weighted by Crippen LogP contribution is -2.37. The molecule has 0 aromatic heterocycles. The van der Waals surface area contributed by atoms with E-state index in [1.807, 2.05) is 25.7 Å². The van der Waals surface area contributed by atoms with Crippen molar-refractivity contribution in [3.63, 3.8) is 0 Å². The van der Waals surface area contributed by atoms with Gasteiger partial charge in [-0.15, -0.1) is 0 Å². The van der Waals surface area contributed by atoms with Crippen LogP contribution in [0.4, 0.5) is 10.5 Å². The Bertz CT molecular complexity index is 453. The molecule has 5 heteroatoms. The van der Waals surface area contributed by atoms with Crippen LogP contribution in [0.5, 0.6) is 0 Å². The number of amides is 1. The molecular formula is C15H22N2O3. The quantitative estimate of drug-likeness (QED) is 0.641. The number of rotatable bonds is 6. The molecule has 0 aliphatic heterocycles. The number of anilines is 1. The molecule has 1 amide bonds. The van der Waals surface area contributed by atoms with Crippen LogP contribution >= 0.6 is 0 Å². The van der Waals surface area contributed by atoms with Gasteiger partial charge in [0.25, 0.3) is 0 Å². The maximum atomic E-state index is 11.8. The van der Waals surface area contributed by atoms with Crippen LogP contribution in [0.2, 0.25) is 0 Å². The van der Waals surface area contributed by atoms with Gasteiger partial charge in [-0.25, -0.2) is 4.79 Å². The van der Waals surface area contributed by atoms with Crippen LogP contribution < -0.4 is 5.32 Å². The fourth-order valence-corrected chi connectivity index (χ4v) is 1.90. The standard InChI is InChI=1S/C15H22N2O3/c1-5-17(6-2)12(4)20-15(19)16-14-9-7-13(8-10-14)11(3)18/h7-10,12H,5-6H2,1-4H3,(H,16,19)/t12-/m0/s1. The molecule has 0 bridgehead atoms. The zero-order chi connectivity index (χ0) is 15.1. The van der Waals surface area contributed by atoms with Gasteiger partial charge in [-0.3, -0.25) is 15.0 Å². The van der Waals surface area contributed by atoms with Gasteiger partial charge in [-0.2, -0.15) is 0 Å². The van der Waals surface area contributed by atoms with Crippen LogP contribution in [0, 0.1) is 0 Å². The lowest BCUT2D eigenvalue weighted by Gasteiger charge is -2.25. The van der Waals surface area contributed by atoms with E-state index >= 15 is 0 Å². The van der Waals surface area contributed by atoms with Crippen molar-refractivity contribution >= 4 is 17.6 Å². The highest BCUT2D eigenvalue weighted by molar-refractivity contribution is 5.94. The second kappa shape index (κ2) is 7.65. The van der Waals surface area contributed by atoms with E-state index in [1.54, 1.807) is 24.3 Å². The summed E-state index contributed by atoms with van der Waals surface area (Å²) in [6.07, 6.45) is -0.776. The predicted molar refractivity (Wildman–Crippen MR) is 78.9 cm³/mol. The Kier molecular flexibility index (Phi) is 6.18. The number of hydrogen-bond acceptors (Lipinski definition) is 4. The summed E-state index contributed by atoms with van der Waals surface area (Å²) in [5, 5.41) is 2.64. The molecule has 0 saturated heterocycles. The molecule has 110 valence electrons. The van der Waals surface area contributed by atoms with Crippen molar-refractivity contribution in [2.75, 3.05) is 18.4 Å². The van der Waals surface area contributed by atoms with Crippen molar-refractivity contribution in [3.05, 3.63) is 29.8 Å². The maximum absolute atomic E-state index is 11.8. The second-order valence-corrected chi connectivity index (χ2v) is 4.48. The number of ether oxygens (including phenoxy) is 1. The average molecular weight is 278 g/mol. The summed E-state index contributed by atoms with van der Waals surface area (Å²) in [4.78, 5) is 24.9. The van der Waals surface area contributed by atoms with E-state index in [1.165, 1.54) is 6.92 Å².